The normalized spacial score (nSPS) is 11.0. The summed E-state index contributed by atoms with van der Waals surface area (Å²) >= 11 is 4.39. The van der Waals surface area contributed by atoms with Crippen molar-refractivity contribution in [2.45, 2.75) is 18.4 Å². The van der Waals surface area contributed by atoms with Crippen LogP contribution in [-0.2, 0) is 11.3 Å². The van der Waals surface area contributed by atoms with Gasteiger partial charge in [-0.2, -0.15) is 0 Å². The van der Waals surface area contributed by atoms with Crippen LogP contribution in [0.1, 0.15) is 20.4 Å². The van der Waals surface area contributed by atoms with E-state index in [4.69, 9.17) is 0 Å². The molecule has 4 rings (SSSR count). The zero-order chi connectivity index (χ0) is 22.0. The van der Waals surface area contributed by atoms with Crippen molar-refractivity contribution in [3.63, 3.8) is 0 Å². The molecule has 0 bridgehead atoms. The lowest BCUT2D eigenvalue weighted by Crippen LogP contribution is -2.35. The Labute approximate surface area is 191 Å². The predicted molar refractivity (Wildman–Crippen MR) is 126 cm³/mol. The number of aryl methyl sites for hydroxylation is 1. The quantitative estimate of drug-likeness (QED) is 0.376. The highest BCUT2D eigenvalue weighted by molar-refractivity contribution is 7.98. The van der Waals surface area contributed by atoms with E-state index >= 15 is 0 Å². The minimum Gasteiger partial charge on any atom is -0.480 e. The maximum absolute atomic E-state index is 13.3. The van der Waals surface area contributed by atoms with Gasteiger partial charge in [-0.3, -0.25) is 9.59 Å². The SMILES string of the molecule is CSc1cccc(-c2nc(C)c(C(=O)N(CC(=O)O)Cc3nc4ccccc4s3)s2)c1. The van der Waals surface area contributed by atoms with E-state index < -0.39 is 12.5 Å². The number of hydrogen-bond donors (Lipinski definition) is 1. The van der Waals surface area contributed by atoms with E-state index in [-0.39, 0.29) is 12.5 Å². The van der Waals surface area contributed by atoms with Gasteiger partial charge in [-0.25, -0.2) is 9.97 Å². The van der Waals surface area contributed by atoms with Crippen molar-refractivity contribution in [1.29, 1.82) is 0 Å². The molecule has 6 nitrogen and oxygen atoms in total. The number of aliphatic carboxylic acids is 1. The van der Waals surface area contributed by atoms with Gasteiger partial charge in [0.05, 0.1) is 22.5 Å². The van der Waals surface area contributed by atoms with Crippen molar-refractivity contribution in [3.8, 4) is 10.6 Å². The first kappa shape index (κ1) is 21.5. The summed E-state index contributed by atoms with van der Waals surface area (Å²) in [7, 11) is 0. The summed E-state index contributed by atoms with van der Waals surface area (Å²) in [5, 5.41) is 10.8. The number of carbonyl (C=O) groups is 2. The summed E-state index contributed by atoms with van der Waals surface area (Å²) in [5.41, 5.74) is 2.38. The number of para-hydroxylation sites is 1. The summed E-state index contributed by atoms with van der Waals surface area (Å²) < 4.78 is 1.00. The Kier molecular flexibility index (Phi) is 6.35. The molecular formula is C22H19N3O3S3. The van der Waals surface area contributed by atoms with Crippen molar-refractivity contribution < 1.29 is 14.7 Å². The third kappa shape index (κ3) is 4.79. The Morgan fingerprint density at radius 2 is 1.90 bits per heavy atom. The molecule has 0 spiro atoms. The van der Waals surface area contributed by atoms with E-state index in [9.17, 15) is 14.7 Å². The fourth-order valence-corrected chi connectivity index (χ4v) is 5.60. The molecule has 1 amide bonds. The summed E-state index contributed by atoms with van der Waals surface area (Å²) in [6.07, 6.45) is 2.01. The second-order valence-corrected chi connectivity index (χ2v) is 9.79. The van der Waals surface area contributed by atoms with Gasteiger partial charge in [-0.05, 0) is 37.4 Å². The Morgan fingerprint density at radius 1 is 1.10 bits per heavy atom. The first-order chi connectivity index (χ1) is 14.9. The van der Waals surface area contributed by atoms with Gasteiger partial charge >= 0.3 is 5.97 Å². The molecule has 0 atom stereocenters. The lowest BCUT2D eigenvalue weighted by molar-refractivity contribution is -0.137. The topological polar surface area (TPSA) is 83.4 Å². The lowest BCUT2D eigenvalue weighted by atomic mass is 10.2. The molecule has 2 aromatic carbocycles. The number of hydrogen-bond acceptors (Lipinski definition) is 7. The van der Waals surface area contributed by atoms with E-state index in [2.05, 4.69) is 9.97 Å². The first-order valence-corrected chi connectivity index (χ1v) is 12.3. The number of fused-ring (bicyclic) bond motifs is 1. The highest BCUT2D eigenvalue weighted by Crippen LogP contribution is 2.31. The van der Waals surface area contributed by atoms with E-state index in [0.717, 1.165) is 25.7 Å². The van der Waals surface area contributed by atoms with Crippen LogP contribution in [0, 0.1) is 6.92 Å². The average molecular weight is 470 g/mol. The second kappa shape index (κ2) is 9.17. The van der Waals surface area contributed by atoms with Crippen LogP contribution in [0.25, 0.3) is 20.8 Å². The monoisotopic (exact) mass is 469 g/mol. The average Bonchev–Trinajstić information content (AvgIpc) is 3.35. The number of rotatable bonds is 7. The smallest absolute Gasteiger partial charge is 0.323 e. The number of thioether (sulfide) groups is 1. The van der Waals surface area contributed by atoms with E-state index in [1.807, 2.05) is 54.8 Å². The molecule has 0 saturated heterocycles. The zero-order valence-electron chi connectivity index (χ0n) is 16.9. The number of carbonyl (C=O) groups excluding carboxylic acids is 1. The van der Waals surface area contributed by atoms with Gasteiger partial charge in [-0.15, -0.1) is 34.4 Å². The summed E-state index contributed by atoms with van der Waals surface area (Å²) in [5.74, 6) is -1.41. The highest BCUT2D eigenvalue weighted by atomic mass is 32.2. The van der Waals surface area contributed by atoms with Gasteiger partial charge in [-0.1, -0.05) is 24.3 Å². The number of aromatic nitrogens is 2. The predicted octanol–water partition coefficient (Wildman–Crippen LogP) is 5.18. The minimum absolute atomic E-state index is 0.138. The molecule has 0 aliphatic rings. The van der Waals surface area contributed by atoms with Gasteiger partial charge in [0.15, 0.2) is 0 Å². The lowest BCUT2D eigenvalue weighted by Gasteiger charge is -2.18. The Hall–Kier alpha value is -2.75. The zero-order valence-corrected chi connectivity index (χ0v) is 19.3. The molecule has 0 saturated carbocycles. The van der Waals surface area contributed by atoms with Crippen LogP contribution >= 0.6 is 34.4 Å². The molecule has 0 radical (unpaired) electrons. The van der Waals surface area contributed by atoms with Crippen LogP contribution in [0.4, 0.5) is 0 Å². The van der Waals surface area contributed by atoms with Crippen LogP contribution in [0.2, 0.25) is 0 Å². The number of amides is 1. The molecule has 2 heterocycles. The molecule has 9 heteroatoms. The van der Waals surface area contributed by atoms with Gasteiger partial charge in [0.25, 0.3) is 5.91 Å². The Morgan fingerprint density at radius 3 is 2.65 bits per heavy atom. The fourth-order valence-electron chi connectivity index (χ4n) is 3.13. The molecule has 0 aliphatic heterocycles. The molecule has 4 aromatic rings. The fraction of sp³-hybridized carbons (Fsp3) is 0.182. The molecule has 1 N–H and O–H groups in total. The van der Waals surface area contributed by atoms with Gasteiger partial charge in [0.1, 0.15) is 21.4 Å². The van der Waals surface area contributed by atoms with Crippen LogP contribution in [0.15, 0.2) is 53.4 Å². The van der Waals surface area contributed by atoms with Gasteiger partial charge in [0.2, 0.25) is 0 Å². The number of carboxylic acids is 1. The standard InChI is InChI=1S/C22H19N3O3S3/c1-13-20(31-21(23-13)14-6-5-7-15(10-14)29-2)22(28)25(12-19(26)27)11-18-24-16-8-3-4-9-17(16)30-18/h3-10H,11-12H2,1-2H3,(H,26,27). The van der Waals surface area contributed by atoms with Gasteiger partial charge in [0, 0.05) is 10.5 Å². The second-order valence-electron chi connectivity index (χ2n) is 6.80. The highest BCUT2D eigenvalue weighted by Gasteiger charge is 2.25. The third-order valence-corrected chi connectivity index (χ3v) is 7.53. The molecule has 31 heavy (non-hydrogen) atoms. The van der Waals surface area contributed by atoms with Crippen LogP contribution in [0.5, 0.6) is 0 Å². The first-order valence-electron chi connectivity index (χ1n) is 9.42. The summed E-state index contributed by atoms with van der Waals surface area (Å²) in [6.45, 7) is 1.52. The molecule has 0 unspecified atom stereocenters. The molecule has 158 valence electrons. The minimum atomic E-state index is -1.07. The van der Waals surface area contributed by atoms with E-state index in [0.29, 0.717) is 15.6 Å². The number of carboxylic acid groups (broad SMARTS) is 1. The number of nitrogens with zero attached hydrogens (tertiary/aromatic N) is 3. The Bertz CT molecular complexity index is 1230. The van der Waals surface area contributed by atoms with Gasteiger partial charge < -0.3 is 10.0 Å². The van der Waals surface area contributed by atoms with Crippen molar-refractivity contribution in [2.24, 2.45) is 0 Å². The van der Waals surface area contributed by atoms with E-state index in [1.54, 1.807) is 18.7 Å². The number of thiazole rings is 2. The van der Waals surface area contributed by atoms with Crippen molar-refractivity contribution in [1.82, 2.24) is 14.9 Å². The molecule has 0 fully saturated rings. The van der Waals surface area contributed by atoms with Crippen LogP contribution < -0.4 is 0 Å². The van der Waals surface area contributed by atoms with Crippen molar-refractivity contribution >= 4 is 56.5 Å². The Balaban J connectivity index is 1.63. The maximum atomic E-state index is 13.3. The number of benzene rings is 2. The molecule has 2 aromatic heterocycles. The largest absolute Gasteiger partial charge is 0.480 e. The third-order valence-electron chi connectivity index (χ3n) is 4.59. The molecular weight excluding hydrogens is 450 g/mol. The maximum Gasteiger partial charge on any atom is 0.323 e. The summed E-state index contributed by atoms with van der Waals surface area (Å²) in [6, 6.07) is 15.7. The van der Waals surface area contributed by atoms with Crippen molar-refractivity contribution in [2.75, 3.05) is 12.8 Å². The van der Waals surface area contributed by atoms with Crippen LogP contribution in [-0.4, -0.2) is 44.7 Å². The summed E-state index contributed by atoms with van der Waals surface area (Å²) in [4.78, 5) is 36.8. The molecule has 0 aliphatic carbocycles. The van der Waals surface area contributed by atoms with Crippen molar-refractivity contribution in [3.05, 3.63) is 64.1 Å². The van der Waals surface area contributed by atoms with Crippen LogP contribution in [0.3, 0.4) is 0 Å². The van der Waals surface area contributed by atoms with E-state index in [1.165, 1.54) is 27.6 Å².